The highest BCUT2D eigenvalue weighted by Gasteiger charge is 2.24. The highest BCUT2D eigenvalue weighted by molar-refractivity contribution is 5.99. The molecule has 0 radical (unpaired) electrons. The van der Waals surface area contributed by atoms with Gasteiger partial charge in [-0.1, -0.05) is 44.1 Å². The summed E-state index contributed by atoms with van der Waals surface area (Å²) in [6.45, 7) is 10.1. The molecule has 108 valence electrons. The highest BCUT2D eigenvalue weighted by atomic mass is 16.2. The van der Waals surface area contributed by atoms with E-state index in [2.05, 4.69) is 26.8 Å². The van der Waals surface area contributed by atoms with Crippen LogP contribution < -0.4 is 5.73 Å². The lowest BCUT2D eigenvalue weighted by molar-refractivity contribution is 0.0766. The second-order valence-corrected chi connectivity index (χ2v) is 6.57. The zero-order valence-corrected chi connectivity index (χ0v) is 12.9. The summed E-state index contributed by atoms with van der Waals surface area (Å²) in [6.07, 6.45) is 3.13. The first-order valence-corrected chi connectivity index (χ1v) is 7.14. The van der Waals surface area contributed by atoms with Gasteiger partial charge in [0, 0.05) is 18.8 Å². The maximum atomic E-state index is 12.5. The van der Waals surface area contributed by atoms with Crippen LogP contribution in [0.2, 0.25) is 0 Å². The van der Waals surface area contributed by atoms with Crippen LogP contribution in [0.1, 0.15) is 43.1 Å². The number of nitrogens with two attached hydrogens (primary N) is 1. The molecule has 3 nitrogen and oxygen atoms in total. The maximum absolute atomic E-state index is 12.5. The number of hydrogen-bond acceptors (Lipinski definition) is 2. The Hall–Kier alpha value is -1.77. The van der Waals surface area contributed by atoms with E-state index in [0.717, 1.165) is 18.5 Å². The lowest BCUT2D eigenvalue weighted by Crippen LogP contribution is -2.36. The minimum Gasteiger partial charge on any atom is -0.398 e. The van der Waals surface area contributed by atoms with Crippen LogP contribution >= 0.6 is 0 Å². The van der Waals surface area contributed by atoms with Crippen molar-refractivity contribution in [3.8, 4) is 0 Å². The van der Waals surface area contributed by atoms with Gasteiger partial charge < -0.3 is 10.6 Å². The molecule has 3 heteroatoms. The fraction of sp³-hybridized carbons (Fsp3) is 0.471. The van der Waals surface area contributed by atoms with Crippen LogP contribution in [0.5, 0.6) is 0 Å². The summed E-state index contributed by atoms with van der Waals surface area (Å²) in [6, 6.07) is 5.61. The van der Waals surface area contributed by atoms with E-state index in [1.165, 1.54) is 5.57 Å². The smallest absolute Gasteiger partial charge is 0.256 e. The van der Waals surface area contributed by atoms with Crippen LogP contribution in [0, 0.1) is 12.3 Å². The Morgan fingerprint density at radius 3 is 2.55 bits per heavy atom. The minimum atomic E-state index is 0.0374. The molecule has 20 heavy (non-hydrogen) atoms. The summed E-state index contributed by atoms with van der Waals surface area (Å²) in [5.74, 6) is 0.0374. The van der Waals surface area contributed by atoms with Crippen LogP contribution in [0.4, 0.5) is 5.69 Å². The van der Waals surface area contributed by atoms with Gasteiger partial charge in [-0.2, -0.15) is 0 Å². The third kappa shape index (κ3) is 3.03. The molecule has 1 aromatic carbocycles. The fourth-order valence-corrected chi connectivity index (χ4v) is 2.56. The van der Waals surface area contributed by atoms with Crippen molar-refractivity contribution in [3.63, 3.8) is 0 Å². The van der Waals surface area contributed by atoms with E-state index in [0.29, 0.717) is 17.8 Å². The Kier molecular flexibility index (Phi) is 3.89. The molecule has 2 rings (SSSR count). The van der Waals surface area contributed by atoms with Crippen LogP contribution in [-0.4, -0.2) is 23.9 Å². The number of carbonyl (C=O) groups is 1. The molecule has 0 saturated heterocycles. The molecule has 1 aliphatic heterocycles. The molecule has 0 unspecified atom stereocenters. The second-order valence-electron chi connectivity index (χ2n) is 6.57. The highest BCUT2D eigenvalue weighted by Crippen LogP contribution is 2.30. The molecule has 1 heterocycles. The number of rotatable bonds is 1. The molecule has 0 aliphatic carbocycles. The van der Waals surface area contributed by atoms with Crippen LogP contribution in [0.3, 0.4) is 0 Å². The quantitative estimate of drug-likeness (QED) is 0.629. The molecule has 0 spiro atoms. The van der Waals surface area contributed by atoms with Crippen molar-refractivity contribution in [2.45, 2.75) is 34.1 Å². The minimum absolute atomic E-state index is 0.0374. The van der Waals surface area contributed by atoms with Gasteiger partial charge in [0.05, 0.1) is 5.56 Å². The van der Waals surface area contributed by atoms with Gasteiger partial charge in [0.15, 0.2) is 0 Å². The molecule has 0 bridgehead atoms. The van der Waals surface area contributed by atoms with Gasteiger partial charge in [0.25, 0.3) is 5.91 Å². The van der Waals surface area contributed by atoms with Crippen molar-refractivity contribution < 1.29 is 4.79 Å². The van der Waals surface area contributed by atoms with E-state index >= 15 is 0 Å². The van der Waals surface area contributed by atoms with Crippen molar-refractivity contribution in [1.29, 1.82) is 0 Å². The number of carbonyl (C=O) groups excluding carboxylic acids is 1. The van der Waals surface area contributed by atoms with E-state index in [-0.39, 0.29) is 11.3 Å². The largest absolute Gasteiger partial charge is 0.398 e. The third-order valence-electron chi connectivity index (χ3n) is 3.90. The normalized spacial score (nSPS) is 16.0. The third-order valence-corrected chi connectivity index (χ3v) is 3.90. The second kappa shape index (κ2) is 5.31. The SMILES string of the molecule is Cc1ccc(N)c(C(=O)N2CC=C(C(C)(C)C)CC2)c1. The zero-order chi connectivity index (χ0) is 14.9. The van der Waals surface area contributed by atoms with Crippen molar-refractivity contribution in [2.75, 3.05) is 18.8 Å². The summed E-state index contributed by atoms with van der Waals surface area (Å²) in [4.78, 5) is 14.4. The van der Waals surface area contributed by atoms with Crippen LogP contribution in [-0.2, 0) is 0 Å². The van der Waals surface area contributed by atoms with Gasteiger partial charge in [-0.25, -0.2) is 0 Å². The number of benzene rings is 1. The Morgan fingerprint density at radius 2 is 2.00 bits per heavy atom. The number of aryl methyl sites for hydroxylation is 1. The molecular formula is C17H24N2O. The van der Waals surface area contributed by atoms with Gasteiger partial charge in [-0.15, -0.1) is 0 Å². The molecular weight excluding hydrogens is 248 g/mol. The Labute approximate surface area is 121 Å². The predicted octanol–water partition coefficient (Wildman–Crippen LogP) is 3.40. The number of anilines is 1. The molecule has 1 aromatic rings. The Morgan fingerprint density at radius 1 is 1.30 bits per heavy atom. The summed E-state index contributed by atoms with van der Waals surface area (Å²) < 4.78 is 0. The van der Waals surface area contributed by atoms with Gasteiger partial charge in [0.1, 0.15) is 0 Å². The molecule has 1 aliphatic rings. The standard InChI is InChI=1S/C17H24N2O/c1-12-5-6-15(18)14(11-12)16(20)19-9-7-13(8-10-19)17(2,3)4/h5-7,11H,8-10,18H2,1-4H3. The first-order valence-electron chi connectivity index (χ1n) is 7.14. The van der Waals surface area contributed by atoms with Crippen molar-refractivity contribution in [3.05, 3.63) is 41.0 Å². The van der Waals surface area contributed by atoms with E-state index in [9.17, 15) is 4.79 Å². The maximum Gasteiger partial charge on any atom is 0.256 e. The molecule has 1 amide bonds. The van der Waals surface area contributed by atoms with Gasteiger partial charge in [-0.3, -0.25) is 4.79 Å². The van der Waals surface area contributed by atoms with Crippen LogP contribution in [0.25, 0.3) is 0 Å². The first-order chi connectivity index (χ1) is 9.29. The predicted molar refractivity (Wildman–Crippen MR) is 83.6 cm³/mol. The topological polar surface area (TPSA) is 46.3 Å². The monoisotopic (exact) mass is 272 g/mol. The van der Waals surface area contributed by atoms with Crippen LogP contribution in [0.15, 0.2) is 29.8 Å². The average molecular weight is 272 g/mol. The van der Waals surface area contributed by atoms with E-state index in [1.54, 1.807) is 0 Å². The van der Waals surface area contributed by atoms with Gasteiger partial charge >= 0.3 is 0 Å². The number of nitrogens with zero attached hydrogens (tertiary/aromatic N) is 1. The number of hydrogen-bond donors (Lipinski definition) is 1. The molecule has 0 fully saturated rings. The van der Waals surface area contributed by atoms with E-state index < -0.39 is 0 Å². The molecule has 2 N–H and O–H groups in total. The summed E-state index contributed by atoms with van der Waals surface area (Å²) in [5, 5.41) is 0. The van der Waals surface area contributed by atoms with Gasteiger partial charge in [0.2, 0.25) is 0 Å². The van der Waals surface area contributed by atoms with Gasteiger partial charge in [-0.05, 0) is 30.9 Å². The van der Waals surface area contributed by atoms with E-state index in [4.69, 9.17) is 5.73 Å². The van der Waals surface area contributed by atoms with E-state index in [1.807, 2.05) is 30.0 Å². The number of nitrogen functional groups attached to an aromatic ring is 1. The molecule has 0 saturated carbocycles. The molecule has 0 aromatic heterocycles. The molecule has 0 atom stereocenters. The first kappa shape index (κ1) is 14.6. The number of amides is 1. The Bertz CT molecular complexity index is 553. The van der Waals surface area contributed by atoms with Crippen molar-refractivity contribution in [2.24, 2.45) is 5.41 Å². The summed E-state index contributed by atoms with van der Waals surface area (Å²) in [5.41, 5.74) is 9.80. The summed E-state index contributed by atoms with van der Waals surface area (Å²) >= 11 is 0. The lowest BCUT2D eigenvalue weighted by atomic mass is 9.83. The fourth-order valence-electron chi connectivity index (χ4n) is 2.56. The average Bonchev–Trinajstić information content (AvgIpc) is 2.40. The lowest BCUT2D eigenvalue weighted by Gasteiger charge is -2.32. The van der Waals surface area contributed by atoms with Crippen molar-refractivity contribution in [1.82, 2.24) is 4.90 Å². The summed E-state index contributed by atoms with van der Waals surface area (Å²) in [7, 11) is 0. The Balaban J connectivity index is 2.17. The van der Waals surface area contributed by atoms with Crippen molar-refractivity contribution >= 4 is 11.6 Å². The zero-order valence-electron chi connectivity index (χ0n) is 12.9.